The molecule has 0 heterocycles. The molecule has 0 saturated carbocycles. The van der Waals surface area contributed by atoms with Gasteiger partial charge in [-0.15, -0.1) is 0 Å². The van der Waals surface area contributed by atoms with Crippen molar-refractivity contribution in [1.82, 2.24) is 0 Å². The topological polar surface area (TPSA) is 54.4 Å². The van der Waals surface area contributed by atoms with Crippen LogP contribution in [0.2, 0.25) is 0 Å². The molecule has 0 amide bonds. The number of aryl methyl sites for hydroxylation is 3. The second-order valence-corrected chi connectivity index (χ2v) is 6.17. The molecular formula is C16H17O3P. The summed E-state index contributed by atoms with van der Waals surface area (Å²) in [5, 5.41) is 0.365. The van der Waals surface area contributed by atoms with Crippen molar-refractivity contribution in [3.63, 3.8) is 0 Å². The third-order valence-corrected chi connectivity index (χ3v) is 4.13. The van der Waals surface area contributed by atoms with Gasteiger partial charge in [-0.3, -0.25) is 9.36 Å². The maximum atomic E-state index is 12.5. The Bertz CT molecular complexity index is 664. The SMILES string of the molecule is Cc1cc(C)c(C(=O)c2ccc([PH](=O)O)cc2)c(C)c1. The minimum atomic E-state index is -2.70. The monoisotopic (exact) mass is 288 g/mol. The highest BCUT2D eigenvalue weighted by molar-refractivity contribution is 7.47. The van der Waals surface area contributed by atoms with Crippen molar-refractivity contribution in [3.8, 4) is 0 Å². The fourth-order valence-corrected chi connectivity index (χ4v) is 2.90. The third kappa shape index (κ3) is 2.90. The Morgan fingerprint density at radius 2 is 1.50 bits per heavy atom. The van der Waals surface area contributed by atoms with Gasteiger partial charge < -0.3 is 4.89 Å². The molecule has 1 atom stereocenters. The van der Waals surface area contributed by atoms with E-state index >= 15 is 0 Å². The van der Waals surface area contributed by atoms with Crippen molar-refractivity contribution in [3.05, 3.63) is 64.2 Å². The van der Waals surface area contributed by atoms with Crippen LogP contribution in [0, 0.1) is 20.8 Å². The lowest BCUT2D eigenvalue weighted by molar-refractivity contribution is 0.103. The van der Waals surface area contributed by atoms with Crippen LogP contribution in [0.3, 0.4) is 0 Å². The molecule has 0 radical (unpaired) electrons. The van der Waals surface area contributed by atoms with E-state index < -0.39 is 8.03 Å². The summed E-state index contributed by atoms with van der Waals surface area (Å²) < 4.78 is 11.0. The lowest BCUT2D eigenvalue weighted by Crippen LogP contribution is -2.08. The van der Waals surface area contributed by atoms with Crippen LogP contribution < -0.4 is 5.30 Å². The summed E-state index contributed by atoms with van der Waals surface area (Å²) in [5.41, 5.74) is 4.28. The molecule has 0 aliphatic rings. The van der Waals surface area contributed by atoms with Gasteiger partial charge >= 0.3 is 0 Å². The van der Waals surface area contributed by atoms with Gasteiger partial charge in [0.25, 0.3) is 0 Å². The molecule has 2 aromatic carbocycles. The number of hydrogen-bond acceptors (Lipinski definition) is 2. The zero-order chi connectivity index (χ0) is 14.9. The van der Waals surface area contributed by atoms with Gasteiger partial charge in [0.05, 0.1) is 0 Å². The molecule has 1 unspecified atom stereocenters. The molecular weight excluding hydrogens is 271 g/mol. The molecule has 0 fully saturated rings. The highest BCUT2D eigenvalue weighted by Crippen LogP contribution is 2.21. The van der Waals surface area contributed by atoms with E-state index in [2.05, 4.69) is 0 Å². The van der Waals surface area contributed by atoms with Gasteiger partial charge in [0, 0.05) is 16.4 Å². The van der Waals surface area contributed by atoms with E-state index in [1.807, 2.05) is 32.9 Å². The highest BCUT2D eigenvalue weighted by atomic mass is 31.1. The van der Waals surface area contributed by atoms with Crippen LogP contribution in [0.5, 0.6) is 0 Å². The molecule has 104 valence electrons. The molecule has 0 saturated heterocycles. The molecule has 0 aliphatic carbocycles. The Labute approximate surface area is 119 Å². The van der Waals surface area contributed by atoms with Gasteiger partial charge in [0.1, 0.15) is 0 Å². The summed E-state index contributed by atoms with van der Waals surface area (Å²) in [5.74, 6) is -0.0517. The summed E-state index contributed by atoms with van der Waals surface area (Å²) in [7, 11) is -2.70. The maximum Gasteiger partial charge on any atom is 0.218 e. The Balaban J connectivity index is 2.44. The van der Waals surface area contributed by atoms with E-state index in [4.69, 9.17) is 4.89 Å². The number of rotatable bonds is 3. The van der Waals surface area contributed by atoms with Crippen molar-refractivity contribution >= 4 is 19.1 Å². The highest BCUT2D eigenvalue weighted by Gasteiger charge is 2.15. The minimum Gasteiger partial charge on any atom is -0.343 e. The summed E-state index contributed by atoms with van der Waals surface area (Å²) in [4.78, 5) is 21.6. The minimum absolute atomic E-state index is 0.0517. The first kappa shape index (κ1) is 14.7. The van der Waals surface area contributed by atoms with Crippen molar-refractivity contribution < 1.29 is 14.3 Å². The zero-order valence-corrected chi connectivity index (χ0v) is 12.7. The molecule has 1 N–H and O–H groups in total. The van der Waals surface area contributed by atoms with Gasteiger partial charge in [-0.2, -0.15) is 0 Å². The summed E-state index contributed by atoms with van der Waals surface area (Å²) in [6, 6.07) is 10.3. The lowest BCUT2D eigenvalue weighted by Gasteiger charge is -2.10. The van der Waals surface area contributed by atoms with E-state index in [0.29, 0.717) is 16.4 Å². The first-order chi connectivity index (χ1) is 9.40. The van der Waals surface area contributed by atoms with E-state index in [9.17, 15) is 9.36 Å². The first-order valence-electron chi connectivity index (χ1n) is 6.36. The van der Waals surface area contributed by atoms with Crippen LogP contribution in [0.4, 0.5) is 0 Å². The van der Waals surface area contributed by atoms with Crippen LogP contribution in [0.15, 0.2) is 36.4 Å². The maximum absolute atomic E-state index is 12.5. The molecule has 3 nitrogen and oxygen atoms in total. The predicted molar refractivity (Wildman–Crippen MR) is 81.4 cm³/mol. The molecule has 4 heteroatoms. The van der Waals surface area contributed by atoms with Gasteiger partial charge in [0.15, 0.2) is 5.78 Å². The van der Waals surface area contributed by atoms with E-state index in [1.165, 1.54) is 12.1 Å². The molecule has 2 rings (SSSR count). The predicted octanol–water partition coefficient (Wildman–Crippen LogP) is 2.94. The van der Waals surface area contributed by atoms with Crippen LogP contribution in [0.1, 0.15) is 32.6 Å². The molecule has 0 aliphatic heterocycles. The fraction of sp³-hybridized carbons (Fsp3) is 0.188. The number of ketones is 1. The largest absolute Gasteiger partial charge is 0.343 e. The van der Waals surface area contributed by atoms with Gasteiger partial charge in [0.2, 0.25) is 8.03 Å². The van der Waals surface area contributed by atoms with E-state index in [0.717, 1.165) is 16.7 Å². The van der Waals surface area contributed by atoms with Crippen molar-refractivity contribution in [1.29, 1.82) is 0 Å². The third-order valence-electron chi connectivity index (χ3n) is 3.30. The normalized spacial score (nSPS) is 12.2. The quantitative estimate of drug-likeness (QED) is 0.698. The van der Waals surface area contributed by atoms with Crippen molar-refractivity contribution in [2.24, 2.45) is 0 Å². The van der Waals surface area contributed by atoms with E-state index in [-0.39, 0.29) is 5.78 Å². The lowest BCUT2D eigenvalue weighted by atomic mass is 9.93. The Kier molecular flexibility index (Phi) is 4.22. The number of carbonyl (C=O) groups is 1. The van der Waals surface area contributed by atoms with Crippen molar-refractivity contribution in [2.45, 2.75) is 20.8 Å². The molecule has 20 heavy (non-hydrogen) atoms. The Hall–Kier alpha value is -1.70. The number of carbonyl (C=O) groups excluding carboxylic acids is 1. The zero-order valence-electron chi connectivity index (χ0n) is 11.7. The van der Waals surface area contributed by atoms with Crippen molar-refractivity contribution in [2.75, 3.05) is 0 Å². The fourth-order valence-electron chi connectivity index (χ4n) is 2.45. The molecule has 0 aromatic heterocycles. The standard InChI is InChI=1S/C16H17O3P/c1-10-8-11(2)15(12(3)9-10)16(17)13-4-6-14(7-5-13)20(18)19/h4-9,20H,1-3H3,(H,18,19). The summed E-state index contributed by atoms with van der Waals surface area (Å²) in [6.07, 6.45) is 0. The second kappa shape index (κ2) is 5.74. The molecule has 0 bridgehead atoms. The van der Waals surface area contributed by atoms with Crippen LogP contribution in [-0.4, -0.2) is 10.7 Å². The number of benzene rings is 2. The number of hydrogen-bond donors (Lipinski definition) is 1. The van der Waals surface area contributed by atoms with Gasteiger partial charge in [-0.25, -0.2) is 0 Å². The summed E-state index contributed by atoms with van der Waals surface area (Å²) in [6.45, 7) is 5.85. The Morgan fingerprint density at radius 1 is 1.00 bits per heavy atom. The summed E-state index contributed by atoms with van der Waals surface area (Å²) >= 11 is 0. The van der Waals surface area contributed by atoms with Crippen LogP contribution >= 0.6 is 8.03 Å². The van der Waals surface area contributed by atoms with E-state index in [1.54, 1.807) is 12.1 Å². The van der Waals surface area contributed by atoms with Gasteiger partial charge in [-0.1, -0.05) is 29.8 Å². The second-order valence-electron chi connectivity index (χ2n) is 4.99. The molecule has 0 spiro atoms. The van der Waals surface area contributed by atoms with Crippen LogP contribution in [-0.2, 0) is 4.57 Å². The Morgan fingerprint density at radius 3 is 1.95 bits per heavy atom. The smallest absolute Gasteiger partial charge is 0.218 e. The average Bonchev–Trinajstić information content (AvgIpc) is 2.37. The van der Waals surface area contributed by atoms with Gasteiger partial charge in [-0.05, 0) is 44.0 Å². The van der Waals surface area contributed by atoms with Crippen LogP contribution in [0.25, 0.3) is 0 Å². The first-order valence-corrected chi connectivity index (χ1v) is 7.71. The molecule has 2 aromatic rings. The average molecular weight is 288 g/mol.